The first-order valence-corrected chi connectivity index (χ1v) is 4.50. The average Bonchev–Trinajstić information content (AvgIpc) is 2.71. The van der Waals surface area contributed by atoms with Crippen molar-refractivity contribution < 1.29 is 37.5 Å². The number of aromatic nitrogens is 2. The van der Waals surface area contributed by atoms with Gasteiger partial charge in [0.25, 0.3) is 0 Å². The second-order valence-electron chi connectivity index (χ2n) is 3.32. The van der Waals surface area contributed by atoms with Gasteiger partial charge < -0.3 is 14.3 Å². The Morgan fingerprint density at radius 2 is 2.07 bits per heavy atom. The van der Waals surface area contributed by atoms with Crippen LogP contribution >= 0.6 is 0 Å². The smallest absolute Gasteiger partial charge is 0.0948 e. The molecule has 1 aromatic heterocycles. The van der Waals surface area contributed by atoms with Crippen LogP contribution in [0, 0.1) is 0 Å². The number of carbonyl (C=O) groups excluding carboxylic acids is 1. The van der Waals surface area contributed by atoms with Crippen LogP contribution in [-0.2, 0) is 37.5 Å². The SMILES string of the molecule is O=[C-]N1CCC(n2ccnc2)CC1.[Y]. The van der Waals surface area contributed by atoms with E-state index in [1.54, 1.807) is 11.1 Å². The van der Waals surface area contributed by atoms with E-state index in [2.05, 4.69) is 9.55 Å². The zero-order valence-electron chi connectivity index (χ0n) is 7.97. The van der Waals surface area contributed by atoms with Crippen LogP contribution in [0.2, 0.25) is 0 Å². The van der Waals surface area contributed by atoms with E-state index in [0.29, 0.717) is 6.04 Å². The van der Waals surface area contributed by atoms with Crippen molar-refractivity contribution in [1.29, 1.82) is 0 Å². The maximum Gasteiger partial charge on any atom is 0.0948 e. The Hall–Kier alpha value is -0.216. The summed E-state index contributed by atoms with van der Waals surface area (Å²) in [4.78, 5) is 16.0. The van der Waals surface area contributed by atoms with Crippen molar-refractivity contribution in [3.8, 4) is 0 Å². The molecule has 1 saturated heterocycles. The van der Waals surface area contributed by atoms with Crippen LogP contribution in [0.5, 0.6) is 0 Å². The fraction of sp³-hybridized carbons (Fsp3) is 0.556. The minimum Gasteiger partial charge on any atom is -0.520 e. The van der Waals surface area contributed by atoms with Crippen LogP contribution in [0.25, 0.3) is 0 Å². The van der Waals surface area contributed by atoms with Crippen molar-refractivity contribution in [1.82, 2.24) is 14.5 Å². The van der Waals surface area contributed by atoms with Crippen molar-refractivity contribution in [2.24, 2.45) is 0 Å². The van der Waals surface area contributed by atoms with Crippen molar-refractivity contribution in [2.75, 3.05) is 13.1 Å². The molecule has 2 heterocycles. The maximum atomic E-state index is 10.3. The van der Waals surface area contributed by atoms with E-state index in [9.17, 15) is 4.79 Å². The third-order valence-corrected chi connectivity index (χ3v) is 2.54. The van der Waals surface area contributed by atoms with Gasteiger partial charge in [-0.3, -0.25) is 0 Å². The molecule has 1 aliphatic heterocycles. The largest absolute Gasteiger partial charge is 0.520 e. The number of nitrogens with zero attached hydrogens (tertiary/aromatic N) is 3. The molecule has 4 nitrogen and oxygen atoms in total. The molecule has 0 atom stereocenters. The fourth-order valence-corrected chi connectivity index (χ4v) is 1.74. The van der Waals surface area contributed by atoms with Crippen LogP contribution in [-0.4, -0.2) is 34.0 Å². The molecule has 1 amide bonds. The standard InChI is InChI=1S/C9H12N3O.Y/c13-8-11-4-1-9(2-5-11)12-6-3-10-7-12;/h3,6-7,9H,1-2,4-5H2;/q-1;. The van der Waals surface area contributed by atoms with E-state index in [1.807, 2.05) is 18.9 Å². The average molecular weight is 267 g/mol. The predicted molar refractivity (Wildman–Crippen MR) is 47.8 cm³/mol. The summed E-state index contributed by atoms with van der Waals surface area (Å²) in [6, 6.07) is 0.507. The summed E-state index contributed by atoms with van der Waals surface area (Å²) in [6.07, 6.45) is 9.54. The van der Waals surface area contributed by atoms with Gasteiger partial charge >= 0.3 is 0 Å². The molecule has 14 heavy (non-hydrogen) atoms. The zero-order valence-corrected chi connectivity index (χ0v) is 10.8. The van der Waals surface area contributed by atoms with Crippen molar-refractivity contribution in [2.45, 2.75) is 18.9 Å². The van der Waals surface area contributed by atoms with E-state index in [0.717, 1.165) is 25.9 Å². The van der Waals surface area contributed by atoms with E-state index in [4.69, 9.17) is 0 Å². The molecule has 0 aromatic carbocycles. The Morgan fingerprint density at radius 3 is 2.57 bits per heavy atom. The van der Waals surface area contributed by atoms with Gasteiger partial charge in [0, 0.05) is 51.1 Å². The summed E-state index contributed by atoms with van der Waals surface area (Å²) in [5.74, 6) is 0. The van der Waals surface area contributed by atoms with E-state index < -0.39 is 0 Å². The molecular weight excluding hydrogens is 255 g/mol. The Kier molecular flexibility index (Phi) is 4.75. The number of rotatable bonds is 2. The maximum absolute atomic E-state index is 10.3. The minimum absolute atomic E-state index is 0. The van der Waals surface area contributed by atoms with Gasteiger partial charge in [0.05, 0.1) is 6.33 Å². The molecule has 2 rings (SSSR count). The molecule has 0 spiro atoms. The minimum atomic E-state index is 0. The van der Waals surface area contributed by atoms with E-state index in [1.165, 1.54) is 0 Å². The first-order chi connectivity index (χ1) is 6.40. The van der Waals surface area contributed by atoms with Crippen LogP contribution in [0.3, 0.4) is 0 Å². The monoisotopic (exact) mass is 267 g/mol. The molecular formula is C9H12N3OY-. The summed E-state index contributed by atoms with van der Waals surface area (Å²) < 4.78 is 2.11. The molecule has 1 aromatic rings. The number of hydrogen-bond donors (Lipinski definition) is 0. The number of amides is 1. The molecule has 0 bridgehead atoms. The van der Waals surface area contributed by atoms with Crippen molar-refractivity contribution in [3.05, 3.63) is 18.7 Å². The van der Waals surface area contributed by atoms with Crippen LogP contribution in [0.1, 0.15) is 18.9 Å². The molecule has 73 valence electrons. The van der Waals surface area contributed by atoms with Gasteiger partial charge in [0.1, 0.15) is 0 Å². The summed E-state index contributed by atoms with van der Waals surface area (Å²) >= 11 is 0. The number of piperidine rings is 1. The molecule has 1 aliphatic rings. The number of hydrogen-bond acceptors (Lipinski definition) is 2. The van der Waals surface area contributed by atoms with Crippen LogP contribution < -0.4 is 0 Å². The molecule has 0 unspecified atom stereocenters. The third-order valence-electron chi connectivity index (χ3n) is 2.54. The fourth-order valence-electron chi connectivity index (χ4n) is 1.74. The number of likely N-dealkylation sites (tertiary alicyclic amines) is 1. The summed E-state index contributed by atoms with van der Waals surface area (Å²) in [6.45, 7) is 1.62. The van der Waals surface area contributed by atoms with Gasteiger partial charge in [-0.1, -0.05) is 0 Å². The van der Waals surface area contributed by atoms with E-state index >= 15 is 0 Å². The van der Waals surface area contributed by atoms with Crippen LogP contribution in [0.15, 0.2) is 18.7 Å². The Labute approximate surface area is 109 Å². The van der Waals surface area contributed by atoms with Crippen LogP contribution in [0.4, 0.5) is 0 Å². The third kappa shape index (κ3) is 2.64. The second kappa shape index (κ2) is 5.61. The summed E-state index contributed by atoms with van der Waals surface area (Å²) in [5, 5.41) is 0. The Balaban J connectivity index is 0.000000980. The molecule has 0 aliphatic carbocycles. The summed E-state index contributed by atoms with van der Waals surface area (Å²) in [5.41, 5.74) is 0. The zero-order chi connectivity index (χ0) is 9.10. The van der Waals surface area contributed by atoms with Gasteiger partial charge in [-0.15, -0.1) is 0 Å². The Bertz CT molecular complexity index is 268. The quantitative estimate of drug-likeness (QED) is 0.735. The molecule has 0 saturated carbocycles. The second-order valence-corrected chi connectivity index (χ2v) is 3.32. The first kappa shape index (κ1) is 11.9. The van der Waals surface area contributed by atoms with E-state index in [-0.39, 0.29) is 32.7 Å². The van der Waals surface area contributed by atoms with Gasteiger partial charge in [-0.2, -0.15) is 6.41 Å². The normalized spacial score (nSPS) is 17.6. The van der Waals surface area contributed by atoms with Gasteiger partial charge in [0.15, 0.2) is 0 Å². The van der Waals surface area contributed by atoms with Gasteiger partial charge in [-0.25, -0.2) is 4.98 Å². The molecule has 1 fully saturated rings. The predicted octanol–water partition coefficient (Wildman–Crippen LogP) is 0.585. The topological polar surface area (TPSA) is 38.1 Å². The van der Waals surface area contributed by atoms with Crippen molar-refractivity contribution in [3.63, 3.8) is 0 Å². The molecule has 1 radical (unpaired) electrons. The van der Waals surface area contributed by atoms with Crippen molar-refractivity contribution >= 4 is 6.41 Å². The summed E-state index contributed by atoms with van der Waals surface area (Å²) in [7, 11) is 0. The first-order valence-electron chi connectivity index (χ1n) is 4.50. The Morgan fingerprint density at radius 1 is 1.36 bits per heavy atom. The van der Waals surface area contributed by atoms with Gasteiger partial charge in [0.2, 0.25) is 0 Å². The number of imidazole rings is 1. The molecule has 5 heteroatoms. The molecule has 0 N–H and O–H groups in total. The van der Waals surface area contributed by atoms with Gasteiger partial charge in [-0.05, 0) is 25.9 Å².